The summed E-state index contributed by atoms with van der Waals surface area (Å²) in [6.45, 7) is 6.95. The fraction of sp³-hybridized carbons (Fsp3) is 0.167. The smallest absolute Gasteiger partial charge is 0.418 e. The molecule has 0 atom stereocenters. The summed E-state index contributed by atoms with van der Waals surface area (Å²) in [6.07, 6.45) is -5.79. The number of hydrogen-bond acceptors (Lipinski definition) is 7. The van der Waals surface area contributed by atoms with E-state index in [1.54, 1.807) is 76.2 Å². The lowest BCUT2D eigenvalue weighted by molar-refractivity contribution is -0.139. The largest absolute Gasteiger partial charge is 0.493 e. The maximum Gasteiger partial charge on any atom is 0.418 e. The Morgan fingerprint density at radius 2 is 0.968 bits per heavy atom. The number of halogens is 6. The van der Waals surface area contributed by atoms with Crippen molar-refractivity contribution in [2.24, 2.45) is 0 Å². The minimum Gasteiger partial charge on any atom is -0.493 e. The molecule has 6 aromatic rings. The molecule has 15 heteroatoms. The third-order valence-electron chi connectivity index (χ3n) is 9.21. The monoisotopic (exact) mass is 882 g/mol. The highest BCUT2D eigenvalue weighted by molar-refractivity contribution is 7.99. The molecule has 0 spiro atoms. The number of aryl methyl sites for hydroxylation is 2. The number of rotatable bonds is 14. The molecule has 8 nitrogen and oxygen atoms in total. The molecule has 0 saturated carbocycles. The first kappa shape index (κ1) is 45.7. The zero-order valence-electron chi connectivity index (χ0n) is 34.3. The van der Waals surface area contributed by atoms with Gasteiger partial charge in [0.2, 0.25) is 11.8 Å². The second-order valence-corrected chi connectivity index (χ2v) is 14.8. The summed E-state index contributed by atoms with van der Waals surface area (Å²) in [7, 11) is 0. The second-order valence-electron chi connectivity index (χ2n) is 13.7. The first-order valence-electron chi connectivity index (χ1n) is 19.5. The van der Waals surface area contributed by atoms with Gasteiger partial charge in [-0.3, -0.25) is 9.59 Å². The topological polar surface area (TPSA) is 102 Å². The van der Waals surface area contributed by atoms with Crippen LogP contribution in [0.15, 0.2) is 131 Å². The molecule has 0 aliphatic heterocycles. The molecule has 2 N–H and O–H groups in total. The van der Waals surface area contributed by atoms with Crippen molar-refractivity contribution in [2.45, 2.75) is 49.8 Å². The van der Waals surface area contributed by atoms with Crippen molar-refractivity contribution in [2.75, 3.05) is 23.8 Å². The van der Waals surface area contributed by atoms with Crippen molar-refractivity contribution in [1.82, 2.24) is 9.97 Å². The van der Waals surface area contributed by atoms with E-state index in [1.807, 2.05) is 0 Å². The highest BCUT2D eigenvalue weighted by Gasteiger charge is 2.42. The molecular formula is C48H40F6N4O4S. The van der Waals surface area contributed by atoms with Crippen LogP contribution in [0, 0.1) is 13.8 Å². The van der Waals surface area contributed by atoms with Crippen molar-refractivity contribution >= 4 is 47.4 Å². The van der Waals surface area contributed by atoms with Crippen LogP contribution in [0.25, 0.3) is 34.4 Å². The average Bonchev–Trinajstić information content (AvgIpc) is 3.22. The number of nitrogens with one attached hydrogen (secondary N) is 2. The average molecular weight is 883 g/mol. The number of hydrogen-bond donors (Lipinski definition) is 2. The molecule has 0 bridgehead atoms. The molecule has 2 amide bonds. The van der Waals surface area contributed by atoms with Crippen LogP contribution in [-0.2, 0) is 21.9 Å². The van der Waals surface area contributed by atoms with E-state index in [1.165, 1.54) is 60.7 Å². The number of pyridine rings is 2. The van der Waals surface area contributed by atoms with Gasteiger partial charge in [-0.25, -0.2) is 9.97 Å². The molecule has 0 saturated heterocycles. The number of nitrogens with zero attached hydrogens (tertiary/aromatic N) is 2. The fourth-order valence-corrected chi connectivity index (χ4v) is 7.86. The van der Waals surface area contributed by atoms with Gasteiger partial charge in [0, 0.05) is 55.6 Å². The predicted molar refractivity (Wildman–Crippen MR) is 233 cm³/mol. The summed E-state index contributed by atoms with van der Waals surface area (Å²) in [5.74, 6) is -0.751. The number of para-hydroxylation sites is 2. The molecule has 2 heterocycles. The summed E-state index contributed by atoms with van der Waals surface area (Å²) >= 11 is 0.278. The van der Waals surface area contributed by atoms with Crippen LogP contribution in [-0.4, -0.2) is 35.0 Å². The first-order valence-corrected chi connectivity index (χ1v) is 20.3. The van der Waals surface area contributed by atoms with Crippen LogP contribution < -0.4 is 20.1 Å². The van der Waals surface area contributed by atoms with Crippen molar-refractivity contribution in [1.29, 1.82) is 0 Å². The fourth-order valence-electron chi connectivity index (χ4n) is 6.71. The summed E-state index contributed by atoms with van der Waals surface area (Å²) in [5.41, 5.74) is -2.22. The molecular weight excluding hydrogens is 843 g/mol. The van der Waals surface area contributed by atoms with Gasteiger partial charge in [0.05, 0.1) is 24.3 Å². The standard InChI is InChI=1S/C48H40F6N4O4S/c1-5-61-35-17-9-7-15-33(35)43-31(23-27-41(59)57-39-19-11-13-29(3)55-39)21-25-37(45(43)47(49,50)51)63-38-26-22-32(24-28-42(60)58-40-20-12-14-30(4)56-40)44(46(38)48(52,53)54)34-16-8-10-18-36(34)62-6-2/h7-28H,5-6H2,1-4H3,(H,55,57,59)(H,56,58,60). The predicted octanol–water partition coefficient (Wildman–Crippen LogP) is 12.7. The van der Waals surface area contributed by atoms with Crippen LogP contribution >= 0.6 is 11.8 Å². The minimum absolute atomic E-state index is 0.00321. The normalized spacial score (nSPS) is 11.8. The molecule has 63 heavy (non-hydrogen) atoms. The Morgan fingerprint density at radius 1 is 0.571 bits per heavy atom. The van der Waals surface area contributed by atoms with Gasteiger partial charge in [-0.05, 0) is 99.5 Å². The quantitative estimate of drug-likeness (QED) is 0.0830. The van der Waals surface area contributed by atoms with Crippen molar-refractivity contribution < 1.29 is 45.4 Å². The van der Waals surface area contributed by atoms with E-state index in [2.05, 4.69) is 20.6 Å². The van der Waals surface area contributed by atoms with Crippen LogP contribution in [0.4, 0.5) is 38.0 Å². The maximum atomic E-state index is 15.7. The summed E-state index contributed by atoms with van der Waals surface area (Å²) in [5, 5.41) is 5.17. The van der Waals surface area contributed by atoms with Gasteiger partial charge in [0.15, 0.2) is 0 Å². The Hall–Kier alpha value is -6.87. The van der Waals surface area contributed by atoms with Gasteiger partial charge in [-0.1, -0.05) is 72.4 Å². The van der Waals surface area contributed by atoms with Crippen molar-refractivity contribution in [3.8, 4) is 33.8 Å². The van der Waals surface area contributed by atoms with E-state index in [4.69, 9.17) is 9.47 Å². The molecule has 0 unspecified atom stereocenters. The Labute approximate surface area is 364 Å². The summed E-state index contributed by atoms with van der Waals surface area (Å²) < 4.78 is 106. The van der Waals surface area contributed by atoms with Crippen molar-refractivity contribution in [3.63, 3.8) is 0 Å². The van der Waals surface area contributed by atoms with E-state index in [-0.39, 0.29) is 70.4 Å². The third-order valence-corrected chi connectivity index (χ3v) is 10.3. The van der Waals surface area contributed by atoms with Crippen LogP contribution in [0.5, 0.6) is 11.5 Å². The van der Waals surface area contributed by atoms with Crippen LogP contribution in [0.2, 0.25) is 0 Å². The zero-order chi connectivity index (χ0) is 45.3. The highest BCUT2D eigenvalue weighted by atomic mass is 32.2. The van der Waals surface area contributed by atoms with E-state index in [0.29, 0.717) is 11.4 Å². The molecule has 4 aromatic carbocycles. The molecule has 2 aromatic heterocycles. The lowest BCUT2D eigenvalue weighted by atomic mass is 9.92. The molecule has 0 fully saturated rings. The Morgan fingerprint density at radius 3 is 1.33 bits per heavy atom. The number of amides is 2. The van der Waals surface area contributed by atoms with Crippen LogP contribution in [0.1, 0.15) is 47.5 Å². The SMILES string of the molecule is CCOc1ccccc1-c1c(C=CC(=O)Nc2cccc(C)n2)ccc(Sc2ccc(C=CC(=O)Nc3cccc(C)n3)c(-c3ccccc3OCC)c2C(F)(F)F)c1C(F)(F)F. The molecule has 324 valence electrons. The molecule has 0 radical (unpaired) electrons. The highest BCUT2D eigenvalue weighted by Crippen LogP contribution is 2.52. The Kier molecular flexibility index (Phi) is 14.4. The summed E-state index contributed by atoms with van der Waals surface area (Å²) in [4.78, 5) is 33.4. The van der Waals surface area contributed by atoms with Gasteiger partial charge in [0.25, 0.3) is 0 Å². The number of aromatic nitrogens is 2. The molecule has 0 aliphatic rings. The minimum atomic E-state index is -5.14. The zero-order valence-corrected chi connectivity index (χ0v) is 35.1. The number of carbonyl (C=O) groups excluding carboxylic acids is 2. The molecule has 6 rings (SSSR count). The third kappa shape index (κ3) is 11.3. The Balaban J connectivity index is 1.55. The van der Waals surface area contributed by atoms with E-state index < -0.39 is 56.2 Å². The number of ether oxygens (including phenoxy) is 2. The van der Waals surface area contributed by atoms with E-state index in [9.17, 15) is 9.59 Å². The summed E-state index contributed by atoms with van der Waals surface area (Å²) in [6, 6.07) is 26.6. The maximum absolute atomic E-state index is 15.7. The number of alkyl halides is 6. The number of carbonyl (C=O) groups is 2. The van der Waals surface area contributed by atoms with Gasteiger partial charge in [-0.15, -0.1) is 0 Å². The second kappa shape index (κ2) is 19.9. The lowest BCUT2D eigenvalue weighted by Crippen LogP contribution is -2.13. The molecule has 0 aliphatic carbocycles. The van der Waals surface area contributed by atoms with E-state index in [0.717, 1.165) is 24.3 Å². The van der Waals surface area contributed by atoms with Crippen molar-refractivity contribution in [3.05, 3.63) is 155 Å². The first-order chi connectivity index (χ1) is 30.1. The van der Waals surface area contributed by atoms with E-state index >= 15 is 26.3 Å². The Bertz CT molecular complexity index is 2520. The number of anilines is 2. The lowest BCUT2D eigenvalue weighted by Gasteiger charge is -2.24. The number of benzene rings is 4. The van der Waals surface area contributed by atoms with Gasteiger partial charge >= 0.3 is 12.4 Å². The van der Waals surface area contributed by atoms with Gasteiger partial charge < -0.3 is 20.1 Å². The van der Waals surface area contributed by atoms with Gasteiger partial charge in [-0.2, -0.15) is 26.3 Å². The van der Waals surface area contributed by atoms with Gasteiger partial charge in [0.1, 0.15) is 23.1 Å². The van der Waals surface area contributed by atoms with Crippen LogP contribution in [0.3, 0.4) is 0 Å².